The fraction of sp³-hybridized carbons (Fsp3) is 0.333. The molecule has 1 fully saturated rings. The summed E-state index contributed by atoms with van der Waals surface area (Å²) in [6, 6.07) is 15.5. The Morgan fingerprint density at radius 3 is 2.57 bits per heavy atom. The molecule has 6 heteroatoms. The third-order valence-corrected chi connectivity index (χ3v) is 5.61. The van der Waals surface area contributed by atoms with Crippen molar-refractivity contribution in [3.8, 4) is 11.5 Å². The second-order valence-corrected chi connectivity index (χ2v) is 7.73. The summed E-state index contributed by atoms with van der Waals surface area (Å²) >= 11 is 0. The zero-order valence-electron chi connectivity index (χ0n) is 17.1. The Labute approximate surface area is 176 Å². The fourth-order valence-electron chi connectivity index (χ4n) is 3.89. The summed E-state index contributed by atoms with van der Waals surface area (Å²) in [6.07, 6.45) is 4.83. The normalized spacial score (nSPS) is 16.1. The Balaban J connectivity index is 1.27. The lowest BCUT2D eigenvalue weighted by molar-refractivity contribution is -0.138. The van der Waals surface area contributed by atoms with Gasteiger partial charge in [-0.25, -0.2) is 0 Å². The summed E-state index contributed by atoms with van der Waals surface area (Å²) in [7, 11) is 1.83. The second kappa shape index (κ2) is 9.03. The van der Waals surface area contributed by atoms with Crippen LogP contribution in [0.2, 0.25) is 0 Å². The van der Waals surface area contributed by atoms with E-state index in [2.05, 4.69) is 0 Å². The van der Waals surface area contributed by atoms with Crippen LogP contribution in [0.25, 0.3) is 6.08 Å². The molecule has 1 saturated heterocycles. The van der Waals surface area contributed by atoms with Crippen molar-refractivity contribution in [3.63, 3.8) is 0 Å². The molecule has 0 spiro atoms. The average molecular weight is 406 g/mol. The summed E-state index contributed by atoms with van der Waals surface area (Å²) in [5, 5.41) is 0. The van der Waals surface area contributed by atoms with Gasteiger partial charge >= 0.3 is 0 Å². The van der Waals surface area contributed by atoms with Crippen molar-refractivity contribution in [1.29, 1.82) is 0 Å². The zero-order valence-corrected chi connectivity index (χ0v) is 17.1. The van der Waals surface area contributed by atoms with Gasteiger partial charge < -0.3 is 19.3 Å². The summed E-state index contributed by atoms with van der Waals surface area (Å²) in [6.45, 7) is 1.97. The highest BCUT2D eigenvalue weighted by molar-refractivity contribution is 5.92. The number of fused-ring (bicyclic) bond motifs is 1. The first-order chi connectivity index (χ1) is 14.6. The van der Waals surface area contributed by atoms with E-state index in [1.807, 2.05) is 66.6 Å². The van der Waals surface area contributed by atoms with Gasteiger partial charge in [0.2, 0.25) is 18.6 Å². The number of carbonyl (C=O) groups excluding carboxylic acids is 2. The first-order valence-corrected chi connectivity index (χ1v) is 10.3. The predicted molar refractivity (Wildman–Crippen MR) is 114 cm³/mol. The van der Waals surface area contributed by atoms with E-state index >= 15 is 0 Å². The SMILES string of the molecule is CN(Cc1ccc2c(c1)OCO2)C(=O)C1CCN(C(=O)C=Cc2ccccc2)CC1. The molecule has 0 bridgehead atoms. The van der Waals surface area contributed by atoms with Gasteiger partial charge in [0.05, 0.1) is 0 Å². The smallest absolute Gasteiger partial charge is 0.246 e. The number of nitrogens with zero attached hydrogens (tertiary/aromatic N) is 2. The molecule has 6 nitrogen and oxygen atoms in total. The van der Waals surface area contributed by atoms with E-state index in [0.717, 1.165) is 22.6 Å². The maximum Gasteiger partial charge on any atom is 0.246 e. The highest BCUT2D eigenvalue weighted by atomic mass is 16.7. The van der Waals surface area contributed by atoms with Crippen LogP contribution in [-0.2, 0) is 16.1 Å². The van der Waals surface area contributed by atoms with Crippen molar-refractivity contribution >= 4 is 17.9 Å². The monoisotopic (exact) mass is 406 g/mol. The van der Waals surface area contributed by atoms with Gasteiger partial charge in [-0.1, -0.05) is 36.4 Å². The van der Waals surface area contributed by atoms with Gasteiger partial charge in [0.1, 0.15) is 0 Å². The number of ether oxygens (including phenoxy) is 2. The number of piperidine rings is 1. The molecule has 0 atom stereocenters. The Morgan fingerprint density at radius 2 is 1.80 bits per heavy atom. The topological polar surface area (TPSA) is 59.1 Å². The molecule has 0 unspecified atom stereocenters. The molecule has 2 aliphatic rings. The van der Waals surface area contributed by atoms with Gasteiger partial charge in [0, 0.05) is 38.7 Å². The summed E-state index contributed by atoms with van der Waals surface area (Å²) in [5.74, 6) is 1.54. The third-order valence-electron chi connectivity index (χ3n) is 5.61. The minimum Gasteiger partial charge on any atom is -0.454 e. The largest absolute Gasteiger partial charge is 0.454 e. The van der Waals surface area contributed by atoms with Crippen LogP contribution >= 0.6 is 0 Å². The molecule has 2 amide bonds. The Bertz CT molecular complexity index is 933. The number of amides is 2. The van der Waals surface area contributed by atoms with Crippen LogP contribution in [0.4, 0.5) is 0 Å². The van der Waals surface area contributed by atoms with E-state index in [1.165, 1.54) is 0 Å². The lowest BCUT2D eigenvalue weighted by Crippen LogP contribution is -2.42. The molecule has 2 heterocycles. The minimum absolute atomic E-state index is 0.00142. The molecule has 0 aromatic heterocycles. The average Bonchev–Trinajstić information content (AvgIpc) is 3.25. The molecule has 0 saturated carbocycles. The number of likely N-dealkylation sites (tertiary alicyclic amines) is 1. The third kappa shape index (κ3) is 4.64. The highest BCUT2D eigenvalue weighted by Gasteiger charge is 2.28. The van der Waals surface area contributed by atoms with Crippen molar-refractivity contribution in [1.82, 2.24) is 9.80 Å². The van der Waals surface area contributed by atoms with Crippen LogP contribution in [0.15, 0.2) is 54.6 Å². The van der Waals surface area contributed by atoms with Crippen molar-refractivity contribution in [2.45, 2.75) is 19.4 Å². The van der Waals surface area contributed by atoms with E-state index in [1.54, 1.807) is 11.0 Å². The van der Waals surface area contributed by atoms with Crippen molar-refractivity contribution in [2.75, 3.05) is 26.9 Å². The van der Waals surface area contributed by atoms with Gasteiger partial charge in [0.25, 0.3) is 0 Å². The quantitative estimate of drug-likeness (QED) is 0.715. The van der Waals surface area contributed by atoms with E-state index < -0.39 is 0 Å². The van der Waals surface area contributed by atoms with Crippen LogP contribution in [0, 0.1) is 5.92 Å². The standard InChI is InChI=1S/C24H26N2O4/c1-25(16-19-7-9-21-22(15-19)30-17-29-21)24(28)20-11-13-26(14-12-20)23(27)10-8-18-5-3-2-4-6-18/h2-10,15,20H,11-14,16-17H2,1H3. The van der Waals surface area contributed by atoms with E-state index in [0.29, 0.717) is 32.5 Å². The maximum atomic E-state index is 12.9. The lowest BCUT2D eigenvalue weighted by Gasteiger charge is -2.32. The Hall–Kier alpha value is -3.28. The predicted octanol–water partition coefficient (Wildman–Crippen LogP) is 3.33. The fourth-order valence-corrected chi connectivity index (χ4v) is 3.89. The number of hydrogen-bond acceptors (Lipinski definition) is 4. The Morgan fingerprint density at radius 1 is 1.07 bits per heavy atom. The second-order valence-electron chi connectivity index (χ2n) is 7.73. The van der Waals surface area contributed by atoms with E-state index in [4.69, 9.17) is 9.47 Å². The van der Waals surface area contributed by atoms with Crippen LogP contribution in [0.5, 0.6) is 11.5 Å². The lowest BCUT2D eigenvalue weighted by atomic mass is 9.95. The molecule has 0 radical (unpaired) electrons. The van der Waals surface area contributed by atoms with Crippen molar-refractivity contribution in [3.05, 3.63) is 65.7 Å². The van der Waals surface area contributed by atoms with E-state index in [9.17, 15) is 9.59 Å². The summed E-state index contributed by atoms with van der Waals surface area (Å²) in [5.41, 5.74) is 2.01. The molecule has 2 aromatic rings. The van der Waals surface area contributed by atoms with Crippen molar-refractivity contribution in [2.24, 2.45) is 5.92 Å². The van der Waals surface area contributed by atoms with Crippen LogP contribution < -0.4 is 9.47 Å². The molecule has 156 valence electrons. The van der Waals surface area contributed by atoms with Gasteiger partial charge in [-0.05, 0) is 42.2 Å². The molecule has 30 heavy (non-hydrogen) atoms. The first-order valence-electron chi connectivity index (χ1n) is 10.3. The number of benzene rings is 2. The molecular formula is C24H26N2O4. The maximum absolute atomic E-state index is 12.9. The molecule has 4 rings (SSSR count). The summed E-state index contributed by atoms with van der Waals surface area (Å²) < 4.78 is 10.7. The molecular weight excluding hydrogens is 380 g/mol. The first kappa shape index (κ1) is 20.0. The van der Waals surface area contributed by atoms with Gasteiger partial charge in [0.15, 0.2) is 11.5 Å². The number of rotatable bonds is 5. The van der Waals surface area contributed by atoms with Crippen LogP contribution in [0.3, 0.4) is 0 Å². The van der Waals surface area contributed by atoms with Gasteiger partial charge in [-0.3, -0.25) is 9.59 Å². The van der Waals surface area contributed by atoms with Crippen molar-refractivity contribution < 1.29 is 19.1 Å². The molecule has 0 N–H and O–H groups in total. The van der Waals surface area contributed by atoms with Crippen LogP contribution in [0.1, 0.15) is 24.0 Å². The van der Waals surface area contributed by atoms with Gasteiger partial charge in [-0.15, -0.1) is 0 Å². The Kier molecular flexibility index (Phi) is 6.02. The van der Waals surface area contributed by atoms with Gasteiger partial charge in [-0.2, -0.15) is 0 Å². The summed E-state index contributed by atoms with van der Waals surface area (Å²) in [4.78, 5) is 28.9. The minimum atomic E-state index is -0.0498. The molecule has 0 aliphatic carbocycles. The zero-order chi connectivity index (χ0) is 20.9. The van der Waals surface area contributed by atoms with Crippen LogP contribution in [-0.4, -0.2) is 48.5 Å². The highest BCUT2D eigenvalue weighted by Crippen LogP contribution is 2.33. The van der Waals surface area contributed by atoms with E-state index in [-0.39, 0.29) is 24.5 Å². The number of hydrogen-bond donors (Lipinski definition) is 0. The molecule has 2 aromatic carbocycles. The molecule has 2 aliphatic heterocycles. The number of carbonyl (C=O) groups is 2.